The monoisotopic (exact) mass is 508 g/mol. The first kappa shape index (κ1) is 24.1. The molecule has 0 saturated heterocycles. The summed E-state index contributed by atoms with van der Waals surface area (Å²) in [7, 11) is -2.29. The minimum atomic E-state index is -4.74. The molecule has 15 heteroatoms. The second-order valence-corrected chi connectivity index (χ2v) is 9.60. The molecule has 1 aromatic carbocycles. The van der Waals surface area contributed by atoms with Crippen molar-refractivity contribution in [2.45, 2.75) is 19.1 Å². The Hall–Kier alpha value is -4.01. The number of halogens is 3. The number of nitrogens with zero attached hydrogens (tertiary/aromatic N) is 5. The normalized spacial score (nSPS) is 13.2. The Morgan fingerprint density at radius 2 is 1.94 bits per heavy atom. The lowest BCUT2D eigenvalue weighted by Gasteiger charge is -2.17. The van der Waals surface area contributed by atoms with Crippen LogP contribution in [0.15, 0.2) is 36.7 Å². The van der Waals surface area contributed by atoms with Gasteiger partial charge in [0.2, 0.25) is 21.9 Å². The van der Waals surface area contributed by atoms with Crippen LogP contribution in [-0.2, 0) is 34.0 Å². The molecule has 3 N–H and O–H groups in total. The Labute approximate surface area is 197 Å². The maximum absolute atomic E-state index is 13.5. The quantitative estimate of drug-likeness (QED) is 0.439. The van der Waals surface area contributed by atoms with E-state index in [1.165, 1.54) is 19.3 Å². The van der Waals surface area contributed by atoms with Gasteiger partial charge in [-0.1, -0.05) is 0 Å². The molecule has 0 spiro atoms. The Balaban J connectivity index is 1.57. The first-order valence-corrected chi connectivity index (χ1v) is 11.9. The first-order chi connectivity index (χ1) is 16.4. The maximum atomic E-state index is 13.5. The third-order valence-electron chi connectivity index (χ3n) is 5.01. The van der Waals surface area contributed by atoms with Crippen molar-refractivity contribution < 1.29 is 26.4 Å². The zero-order chi connectivity index (χ0) is 25.4. The number of carbonyl (C=O) groups is 1. The van der Waals surface area contributed by atoms with E-state index in [1.54, 1.807) is 18.2 Å². The molecule has 0 bridgehead atoms. The molecule has 3 aromatic rings. The highest BCUT2D eigenvalue weighted by molar-refractivity contribution is 7.92. The van der Waals surface area contributed by atoms with E-state index in [1.807, 2.05) is 0 Å². The molecule has 11 nitrogen and oxygen atoms in total. The predicted octanol–water partition coefficient (Wildman–Crippen LogP) is 2.53. The SMILES string of the molecule is CN(c1ccnc(CNc2nc(Nc3ccc4c(c3)CC(=O)N4)ncc2C(F)(F)F)n1)S(C)(=O)=O. The van der Waals surface area contributed by atoms with Gasteiger partial charge in [0.05, 0.1) is 19.2 Å². The number of fused-ring (bicyclic) bond motifs is 1. The van der Waals surface area contributed by atoms with Crippen LogP contribution in [0.4, 0.5) is 42.1 Å². The lowest BCUT2D eigenvalue weighted by Crippen LogP contribution is -2.26. The number of benzene rings is 1. The summed E-state index contributed by atoms with van der Waals surface area (Å²) in [5, 5.41) is 8.08. The van der Waals surface area contributed by atoms with Gasteiger partial charge in [-0.25, -0.2) is 23.4 Å². The number of carbonyl (C=O) groups excluding carboxylic acids is 1. The summed E-state index contributed by atoms with van der Waals surface area (Å²) in [6.45, 7) is -0.266. The van der Waals surface area contributed by atoms with Crippen molar-refractivity contribution in [2.75, 3.05) is 33.6 Å². The lowest BCUT2D eigenvalue weighted by molar-refractivity contribution is -0.137. The van der Waals surface area contributed by atoms with Crippen LogP contribution >= 0.6 is 0 Å². The number of nitrogens with one attached hydrogen (secondary N) is 3. The molecule has 184 valence electrons. The van der Waals surface area contributed by atoms with E-state index in [0.29, 0.717) is 17.6 Å². The molecule has 0 atom stereocenters. The molecule has 3 heterocycles. The Morgan fingerprint density at radius 1 is 1.17 bits per heavy atom. The van der Waals surface area contributed by atoms with E-state index in [2.05, 4.69) is 35.9 Å². The molecule has 1 aliphatic heterocycles. The van der Waals surface area contributed by atoms with Crippen molar-refractivity contribution in [2.24, 2.45) is 0 Å². The van der Waals surface area contributed by atoms with Crippen LogP contribution in [0.1, 0.15) is 17.0 Å². The molecule has 0 radical (unpaired) electrons. The highest BCUT2D eigenvalue weighted by Crippen LogP contribution is 2.34. The standard InChI is InChI=1S/C20H19F3N8O3S/c1-31(35(2,33)34)16-5-6-24-15(29-16)10-25-18-13(20(21,22)23)9-26-19(30-18)27-12-3-4-14-11(7-12)8-17(32)28-14/h3-7,9H,8,10H2,1-2H3,(H,28,32)(H2,25,26,27,30). The van der Waals surface area contributed by atoms with Gasteiger partial charge in [0.25, 0.3) is 0 Å². The highest BCUT2D eigenvalue weighted by Gasteiger charge is 2.35. The molecule has 2 aromatic heterocycles. The van der Waals surface area contributed by atoms with Gasteiger partial charge in [0, 0.05) is 36.9 Å². The topological polar surface area (TPSA) is 142 Å². The van der Waals surface area contributed by atoms with Gasteiger partial charge < -0.3 is 16.0 Å². The van der Waals surface area contributed by atoms with Crippen molar-refractivity contribution in [1.82, 2.24) is 19.9 Å². The van der Waals surface area contributed by atoms with Crippen molar-refractivity contribution in [3.8, 4) is 0 Å². The second kappa shape index (κ2) is 8.98. The summed E-state index contributed by atoms with van der Waals surface area (Å²) in [6, 6.07) is 6.34. The number of hydrogen-bond acceptors (Lipinski definition) is 9. The highest BCUT2D eigenvalue weighted by atomic mass is 32.2. The molecule has 0 saturated carbocycles. The van der Waals surface area contributed by atoms with Gasteiger partial charge in [0.1, 0.15) is 23.0 Å². The zero-order valence-electron chi connectivity index (χ0n) is 18.4. The molecular weight excluding hydrogens is 489 g/mol. The minimum absolute atomic E-state index is 0.0510. The summed E-state index contributed by atoms with van der Waals surface area (Å²) >= 11 is 0. The lowest BCUT2D eigenvalue weighted by atomic mass is 10.1. The fraction of sp³-hybridized carbons (Fsp3) is 0.250. The fourth-order valence-corrected chi connectivity index (χ4v) is 3.64. The van der Waals surface area contributed by atoms with Crippen LogP contribution in [0.5, 0.6) is 0 Å². The molecule has 0 fully saturated rings. The van der Waals surface area contributed by atoms with Gasteiger partial charge in [-0.05, 0) is 23.8 Å². The van der Waals surface area contributed by atoms with E-state index in [0.717, 1.165) is 16.1 Å². The average Bonchev–Trinajstić information content (AvgIpc) is 3.15. The smallest absolute Gasteiger partial charge is 0.362 e. The molecule has 0 unspecified atom stereocenters. The second-order valence-electron chi connectivity index (χ2n) is 7.59. The Kier molecular flexibility index (Phi) is 6.19. The predicted molar refractivity (Wildman–Crippen MR) is 122 cm³/mol. The molecule has 35 heavy (non-hydrogen) atoms. The molecule has 1 aliphatic rings. The third-order valence-corrected chi connectivity index (χ3v) is 6.19. The van der Waals surface area contributed by atoms with E-state index >= 15 is 0 Å². The Bertz CT molecular complexity index is 1400. The van der Waals surface area contributed by atoms with Crippen molar-refractivity contribution in [3.05, 3.63) is 53.6 Å². The van der Waals surface area contributed by atoms with Crippen LogP contribution in [-0.4, -0.2) is 47.6 Å². The van der Waals surface area contributed by atoms with Crippen LogP contribution < -0.4 is 20.3 Å². The van der Waals surface area contributed by atoms with Crippen LogP contribution in [0.2, 0.25) is 0 Å². The zero-order valence-corrected chi connectivity index (χ0v) is 19.2. The van der Waals surface area contributed by atoms with Crippen LogP contribution in [0.3, 0.4) is 0 Å². The summed E-state index contributed by atoms with van der Waals surface area (Å²) in [5.41, 5.74) is 0.795. The Morgan fingerprint density at radius 3 is 2.66 bits per heavy atom. The molecular formula is C20H19F3N8O3S. The molecule has 0 aliphatic carbocycles. The summed E-state index contributed by atoms with van der Waals surface area (Å²) in [5.74, 6) is -0.661. The number of anilines is 5. The van der Waals surface area contributed by atoms with Gasteiger partial charge >= 0.3 is 6.18 Å². The first-order valence-electron chi connectivity index (χ1n) is 10.0. The van der Waals surface area contributed by atoms with E-state index in [9.17, 15) is 26.4 Å². The van der Waals surface area contributed by atoms with E-state index in [-0.39, 0.29) is 36.5 Å². The summed E-state index contributed by atoms with van der Waals surface area (Å²) < 4.78 is 65.0. The number of amides is 1. The summed E-state index contributed by atoms with van der Waals surface area (Å²) in [6.07, 6.45) is -1.61. The number of rotatable bonds is 7. The maximum Gasteiger partial charge on any atom is 0.421 e. The molecule has 4 rings (SSSR count). The number of hydrogen-bond donors (Lipinski definition) is 3. The van der Waals surface area contributed by atoms with Gasteiger partial charge in [-0.2, -0.15) is 18.2 Å². The number of sulfonamides is 1. The molecule has 1 amide bonds. The van der Waals surface area contributed by atoms with Crippen LogP contribution in [0, 0.1) is 0 Å². The third kappa shape index (κ3) is 5.56. The van der Waals surface area contributed by atoms with Gasteiger partial charge in [0.15, 0.2) is 0 Å². The minimum Gasteiger partial charge on any atom is -0.362 e. The van der Waals surface area contributed by atoms with Crippen molar-refractivity contribution in [3.63, 3.8) is 0 Å². The van der Waals surface area contributed by atoms with E-state index < -0.39 is 27.6 Å². The average molecular weight is 508 g/mol. The van der Waals surface area contributed by atoms with Crippen molar-refractivity contribution >= 4 is 44.9 Å². The van der Waals surface area contributed by atoms with Crippen LogP contribution in [0.25, 0.3) is 0 Å². The van der Waals surface area contributed by atoms with Crippen molar-refractivity contribution in [1.29, 1.82) is 0 Å². The number of alkyl halides is 3. The largest absolute Gasteiger partial charge is 0.421 e. The number of aromatic nitrogens is 4. The fourth-order valence-electron chi connectivity index (χ4n) is 3.20. The van der Waals surface area contributed by atoms with Gasteiger partial charge in [-0.3, -0.25) is 9.10 Å². The van der Waals surface area contributed by atoms with Gasteiger partial charge in [-0.15, -0.1) is 0 Å². The van der Waals surface area contributed by atoms with E-state index in [4.69, 9.17) is 0 Å². The summed E-state index contributed by atoms with van der Waals surface area (Å²) in [4.78, 5) is 27.3.